The van der Waals surface area contributed by atoms with Crippen molar-refractivity contribution in [1.82, 2.24) is 4.90 Å². The van der Waals surface area contributed by atoms with Crippen LogP contribution in [-0.4, -0.2) is 30.8 Å². The van der Waals surface area contributed by atoms with Gasteiger partial charge in [-0.1, -0.05) is 0 Å². The maximum absolute atomic E-state index is 6.13. The lowest BCUT2D eigenvalue weighted by atomic mass is 9.85. The molecule has 2 N–H and O–H groups in total. The van der Waals surface area contributed by atoms with Gasteiger partial charge in [0.05, 0.1) is 0 Å². The zero-order valence-electron chi connectivity index (χ0n) is 10.4. The van der Waals surface area contributed by atoms with E-state index in [4.69, 9.17) is 15.2 Å². The molecule has 3 aliphatic heterocycles. The van der Waals surface area contributed by atoms with E-state index in [0.29, 0.717) is 18.9 Å². The molecule has 4 heteroatoms. The summed E-state index contributed by atoms with van der Waals surface area (Å²) in [4.78, 5) is 2.56. The summed E-state index contributed by atoms with van der Waals surface area (Å²) in [6, 6.07) is 5.15. The smallest absolute Gasteiger partial charge is 0.231 e. The average Bonchev–Trinajstić information content (AvgIpc) is 2.83. The topological polar surface area (TPSA) is 47.7 Å². The molecule has 1 fully saturated rings. The minimum Gasteiger partial charge on any atom is -0.454 e. The Morgan fingerprint density at radius 3 is 2.89 bits per heavy atom. The Kier molecular flexibility index (Phi) is 2.29. The highest BCUT2D eigenvalue weighted by molar-refractivity contribution is 5.50. The van der Waals surface area contributed by atoms with Crippen molar-refractivity contribution >= 4 is 0 Å². The second-order valence-corrected chi connectivity index (χ2v) is 5.49. The molecule has 0 bridgehead atoms. The van der Waals surface area contributed by atoms with Gasteiger partial charge >= 0.3 is 0 Å². The van der Waals surface area contributed by atoms with Gasteiger partial charge in [-0.3, -0.25) is 4.90 Å². The summed E-state index contributed by atoms with van der Waals surface area (Å²) in [5, 5.41) is 0. The van der Waals surface area contributed by atoms with Gasteiger partial charge < -0.3 is 15.2 Å². The van der Waals surface area contributed by atoms with Crippen LogP contribution in [0.4, 0.5) is 0 Å². The Bertz CT molecular complexity index is 489. The first kappa shape index (κ1) is 10.6. The van der Waals surface area contributed by atoms with Gasteiger partial charge in [0.15, 0.2) is 11.5 Å². The van der Waals surface area contributed by atoms with Crippen molar-refractivity contribution in [2.75, 3.05) is 19.9 Å². The average molecular weight is 246 g/mol. The van der Waals surface area contributed by atoms with Crippen LogP contribution in [0.25, 0.3) is 0 Å². The number of ether oxygens (including phenoxy) is 2. The summed E-state index contributed by atoms with van der Waals surface area (Å²) in [7, 11) is 0. The van der Waals surface area contributed by atoms with Crippen LogP contribution >= 0.6 is 0 Å². The second kappa shape index (κ2) is 3.87. The van der Waals surface area contributed by atoms with Gasteiger partial charge in [0, 0.05) is 25.2 Å². The van der Waals surface area contributed by atoms with Crippen molar-refractivity contribution in [2.45, 2.75) is 31.3 Å². The predicted molar refractivity (Wildman–Crippen MR) is 67.8 cm³/mol. The first-order chi connectivity index (χ1) is 8.81. The molecule has 0 aromatic heterocycles. The number of nitrogens with two attached hydrogens (primary N) is 1. The van der Waals surface area contributed by atoms with Crippen LogP contribution in [0.5, 0.6) is 11.5 Å². The van der Waals surface area contributed by atoms with Crippen molar-refractivity contribution in [3.8, 4) is 11.5 Å². The highest BCUT2D eigenvalue weighted by Gasteiger charge is 2.33. The Morgan fingerprint density at radius 2 is 2.00 bits per heavy atom. The predicted octanol–water partition coefficient (Wildman–Crippen LogP) is 1.44. The van der Waals surface area contributed by atoms with Crippen molar-refractivity contribution < 1.29 is 9.47 Å². The minimum atomic E-state index is 0.336. The van der Waals surface area contributed by atoms with E-state index in [0.717, 1.165) is 43.9 Å². The van der Waals surface area contributed by atoms with Crippen molar-refractivity contribution in [3.63, 3.8) is 0 Å². The lowest BCUT2D eigenvalue weighted by Gasteiger charge is -2.42. The third-order valence-electron chi connectivity index (χ3n) is 4.42. The van der Waals surface area contributed by atoms with Crippen LogP contribution in [0.3, 0.4) is 0 Å². The second-order valence-electron chi connectivity index (χ2n) is 5.49. The van der Waals surface area contributed by atoms with E-state index < -0.39 is 0 Å². The molecule has 3 heterocycles. The Labute approximate surface area is 107 Å². The molecule has 3 aliphatic rings. The van der Waals surface area contributed by atoms with Gasteiger partial charge in [0.2, 0.25) is 6.79 Å². The molecule has 2 atom stereocenters. The molecule has 4 nitrogen and oxygen atoms in total. The fourth-order valence-corrected chi connectivity index (χ4v) is 3.42. The Morgan fingerprint density at radius 1 is 1.17 bits per heavy atom. The highest BCUT2D eigenvalue weighted by atomic mass is 16.7. The molecule has 18 heavy (non-hydrogen) atoms. The lowest BCUT2D eigenvalue weighted by Crippen LogP contribution is -2.45. The van der Waals surface area contributed by atoms with E-state index in [1.54, 1.807) is 0 Å². The Hall–Kier alpha value is -1.26. The largest absolute Gasteiger partial charge is 0.454 e. The van der Waals surface area contributed by atoms with Crippen molar-refractivity contribution in [1.29, 1.82) is 0 Å². The molecular formula is C14H18N2O2. The molecule has 0 amide bonds. The summed E-state index contributed by atoms with van der Waals surface area (Å²) < 4.78 is 11.0. The quantitative estimate of drug-likeness (QED) is 0.752. The van der Waals surface area contributed by atoms with E-state index in [9.17, 15) is 0 Å². The summed E-state index contributed by atoms with van der Waals surface area (Å²) in [5.74, 6) is 1.80. The maximum atomic E-state index is 6.13. The fourth-order valence-electron chi connectivity index (χ4n) is 3.42. The fraction of sp³-hybridized carbons (Fsp3) is 0.571. The molecule has 0 spiro atoms. The van der Waals surface area contributed by atoms with Gasteiger partial charge in [-0.25, -0.2) is 0 Å². The summed E-state index contributed by atoms with van der Waals surface area (Å²) in [5.41, 5.74) is 8.94. The van der Waals surface area contributed by atoms with Crippen molar-refractivity contribution in [3.05, 3.63) is 23.3 Å². The van der Waals surface area contributed by atoms with Crippen LogP contribution in [-0.2, 0) is 6.42 Å². The monoisotopic (exact) mass is 246 g/mol. The lowest BCUT2D eigenvalue weighted by molar-refractivity contribution is 0.126. The first-order valence-corrected chi connectivity index (χ1v) is 6.73. The molecule has 1 aromatic carbocycles. The molecule has 1 aromatic rings. The maximum Gasteiger partial charge on any atom is 0.231 e. The molecular weight excluding hydrogens is 228 g/mol. The zero-order valence-corrected chi connectivity index (χ0v) is 10.4. The number of nitrogens with zero attached hydrogens (tertiary/aromatic N) is 1. The SMILES string of the molecule is NC1CCN2CCc3cc4c(cc3C2C1)OCO4. The van der Waals surface area contributed by atoms with E-state index in [1.165, 1.54) is 11.1 Å². The number of rotatable bonds is 0. The molecule has 96 valence electrons. The number of hydrogen-bond acceptors (Lipinski definition) is 4. The molecule has 4 rings (SSSR count). The molecule has 0 saturated carbocycles. The van der Waals surface area contributed by atoms with Gasteiger partial charge in [0.1, 0.15) is 0 Å². The van der Waals surface area contributed by atoms with Crippen LogP contribution in [0.1, 0.15) is 30.0 Å². The standard InChI is InChI=1S/C14H18N2O2/c15-10-2-4-16-3-1-9-5-13-14(18-8-17-13)7-11(9)12(16)6-10/h5,7,10,12H,1-4,6,8,15H2. The van der Waals surface area contributed by atoms with Gasteiger partial charge in [0.25, 0.3) is 0 Å². The summed E-state index contributed by atoms with van der Waals surface area (Å²) in [6.45, 7) is 2.62. The summed E-state index contributed by atoms with van der Waals surface area (Å²) >= 11 is 0. The molecule has 0 radical (unpaired) electrons. The number of piperidine rings is 1. The van der Waals surface area contributed by atoms with Crippen LogP contribution in [0.15, 0.2) is 12.1 Å². The normalized spacial score (nSPS) is 29.8. The van der Waals surface area contributed by atoms with E-state index in [1.807, 2.05) is 0 Å². The van der Waals surface area contributed by atoms with Gasteiger partial charge in [-0.05, 0) is 42.5 Å². The van der Waals surface area contributed by atoms with E-state index in [2.05, 4.69) is 17.0 Å². The highest BCUT2D eigenvalue weighted by Crippen LogP contribution is 2.42. The Balaban J connectivity index is 1.76. The molecule has 0 aliphatic carbocycles. The molecule has 2 unspecified atom stereocenters. The number of hydrogen-bond donors (Lipinski definition) is 1. The first-order valence-electron chi connectivity index (χ1n) is 6.73. The van der Waals surface area contributed by atoms with Crippen LogP contribution < -0.4 is 15.2 Å². The van der Waals surface area contributed by atoms with E-state index >= 15 is 0 Å². The minimum absolute atomic E-state index is 0.336. The number of benzene rings is 1. The van der Waals surface area contributed by atoms with Crippen LogP contribution in [0, 0.1) is 0 Å². The van der Waals surface area contributed by atoms with Crippen LogP contribution in [0.2, 0.25) is 0 Å². The van der Waals surface area contributed by atoms with Crippen molar-refractivity contribution in [2.24, 2.45) is 5.73 Å². The summed E-state index contributed by atoms with van der Waals surface area (Å²) in [6.07, 6.45) is 3.29. The zero-order chi connectivity index (χ0) is 12.1. The van der Waals surface area contributed by atoms with Gasteiger partial charge in [-0.15, -0.1) is 0 Å². The van der Waals surface area contributed by atoms with E-state index in [-0.39, 0.29) is 0 Å². The third kappa shape index (κ3) is 1.52. The number of fused-ring (bicyclic) bond motifs is 4. The molecule has 1 saturated heterocycles. The third-order valence-corrected chi connectivity index (χ3v) is 4.42. The van der Waals surface area contributed by atoms with Gasteiger partial charge in [-0.2, -0.15) is 0 Å².